The summed E-state index contributed by atoms with van der Waals surface area (Å²) < 4.78 is 6.92. The van der Waals surface area contributed by atoms with Crippen LogP contribution in [0.4, 0.5) is 0 Å². The number of likely N-dealkylation sites (tertiary alicyclic amines) is 1. The maximum Gasteiger partial charge on any atom is 0.263 e. The lowest BCUT2D eigenvalue weighted by Gasteiger charge is -2.33. The van der Waals surface area contributed by atoms with E-state index in [-0.39, 0.29) is 11.9 Å². The maximum atomic E-state index is 12.8. The van der Waals surface area contributed by atoms with E-state index < -0.39 is 0 Å². The number of hydrogen-bond acceptors (Lipinski definition) is 4. The number of benzene rings is 1. The predicted molar refractivity (Wildman–Crippen MR) is 111 cm³/mol. The van der Waals surface area contributed by atoms with Gasteiger partial charge >= 0.3 is 0 Å². The Morgan fingerprint density at radius 1 is 1.22 bits per heavy atom. The molecule has 1 N–H and O–H groups in total. The molecule has 0 aliphatic carbocycles. The van der Waals surface area contributed by atoms with Crippen molar-refractivity contribution in [2.75, 3.05) is 19.6 Å². The van der Waals surface area contributed by atoms with Crippen LogP contribution in [0.25, 0.3) is 10.1 Å². The summed E-state index contributed by atoms with van der Waals surface area (Å²) >= 11 is 7.90. The standard InChI is InChI=1S/C21H23ClN2O2S/c1-14-9-10-17(26-14)16(24-11-5-2-6-12-24)13-23-21(25)20-19(22)15-7-3-4-8-18(15)27-20/h3-4,7-10,16H,2,5-6,11-13H2,1H3,(H,23,25). The van der Waals surface area contributed by atoms with Crippen LogP contribution in [-0.2, 0) is 0 Å². The number of amides is 1. The molecule has 1 saturated heterocycles. The number of carbonyl (C=O) groups excluding carboxylic acids is 1. The molecule has 1 amide bonds. The number of fused-ring (bicyclic) bond motifs is 1. The van der Waals surface area contributed by atoms with Crippen molar-refractivity contribution in [2.24, 2.45) is 0 Å². The fourth-order valence-electron chi connectivity index (χ4n) is 3.70. The van der Waals surface area contributed by atoms with E-state index in [0.29, 0.717) is 16.4 Å². The lowest BCUT2D eigenvalue weighted by molar-refractivity contribution is 0.0918. The molecule has 0 radical (unpaired) electrons. The highest BCUT2D eigenvalue weighted by Gasteiger charge is 2.26. The Labute approximate surface area is 168 Å². The van der Waals surface area contributed by atoms with Crippen molar-refractivity contribution in [3.05, 3.63) is 57.8 Å². The summed E-state index contributed by atoms with van der Waals surface area (Å²) in [6, 6.07) is 11.9. The van der Waals surface area contributed by atoms with Crippen LogP contribution in [0, 0.1) is 6.92 Å². The molecule has 0 saturated carbocycles. The molecule has 1 aliphatic rings. The third-order valence-corrected chi connectivity index (χ3v) is 6.79. The van der Waals surface area contributed by atoms with Gasteiger partial charge in [0.15, 0.2) is 0 Å². The SMILES string of the molecule is Cc1ccc(C(CNC(=O)c2sc3ccccc3c2Cl)N2CCCCC2)o1. The Kier molecular flexibility index (Phi) is 5.53. The van der Waals surface area contributed by atoms with Gasteiger partial charge in [0.2, 0.25) is 0 Å². The Bertz CT molecular complexity index is 943. The highest BCUT2D eigenvalue weighted by atomic mass is 35.5. The zero-order valence-electron chi connectivity index (χ0n) is 15.3. The molecule has 4 rings (SSSR count). The van der Waals surface area contributed by atoms with Crippen LogP contribution in [0.15, 0.2) is 40.8 Å². The molecule has 3 heterocycles. The zero-order valence-corrected chi connectivity index (χ0v) is 16.9. The fourth-order valence-corrected chi connectivity index (χ4v) is 5.14. The number of aryl methyl sites for hydroxylation is 1. The second-order valence-electron chi connectivity index (χ2n) is 7.01. The van der Waals surface area contributed by atoms with E-state index in [0.717, 1.165) is 34.7 Å². The van der Waals surface area contributed by atoms with Crippen LogP contribution in [0.5, 0.6) is 0 Å². The Morgan fingerprint density at radius 2 is 2.00 bits per heavy atom. The number of carbonyl (C=O) groups is 1. The van der Waals surface area contributed by atoms with Gasteiger partial charge < -0.3 is 9.73 Å². The van der Waals surface area contributed by atoms with Gasteiger partial charge in [0.05, 0.1) is 11.1 Å². The summed E-state index contributed by atoms with van der Waals surface area (Å²) in [6.07, 6.45) is 3.64. The molecule has 6 heteroatoms. The minimum atomic E-state index is -0.119. The molecule has 1 fully saturated rings. The van der Waals surface area contributed by atoms with E-state index in [4.69, 9.17) is 16.0 Å². The molecular formula is C21H23ClN2O2S. The van der Waals surface area contributed by atoms with Gasteiger partial charge in [0.25, 0.3) is 5.91 Å². The number of piperidine rings is 1. The second kappa shape index (κ2) is 8.05. The van der Waals surface area contributed by atoms with Gasteiger partial charge in [0, 0.05) is 16.6 Å². The molecule has 27 heavy (non-hydrogen) atoms. The van der Waals surface area contributed by atoms with Gasteiger partial charge in [-0.2, -0.15) is 0 Å². The number of rotatable bonds is 5. The lowest BCUT2D eigenvalue weighted by Crippen LogP contribution is -2.40. The van der Waals surface area contributed by atoms with E-state index in [1.165, 1.54) is 30.6 Å². The van der Waals surface area contributed by atoms with Crippen molar-refractivity contribution in [1.29, 1.82) is 0 Å². The molecule has 1 atom stereocenters. The number of thiophene rings is 1. The van der Waals surface area contributed by atoms with Crippen molar-refractivity contribution < 1.29 is 9.21 Å². The minimum Gasteiger partial charge on any atom is -0.465 e. The summed E-state index contributed by atoms with van der Waals surface area (Å²) in [5.74, 6) is 1.69. The number of halogens is 1. The van der Waals surface area contributed by atoms with Gasteiger partial charge in [0.1, 0.15) is 16.4 Å². The van der Waals surface area contributed by atoms with Gasteiger partial charge in [-0.05, 0) is 51.1 Å². The molecule has 2 aromatic heterocycles. The van der Waals surface area contributed by atoms with Crippen LogP contribution in [0.2, 0.25) is 5.02 Å². The van der Waals surface area contributed by atoms with Crippen LogP contribution in [-0.4, -0.2) is 30.4 Å². The highest BCUT2D eigenvalue weighted by molar-refractivity contribution is 7.21. The summed E-state index contributed by atoms with van der Waals surface area (Å²) in [5, 5.41) is 4.56. The van der Waals surface area contributed by atoms with E-state index in [2.05, 4.69) is 10.2 Å². The Balaban J connectivity index is 1.52. The second-order valence-corrected chi connectivity index (χ2v) is 8.44. The third-order valence-electron chi connectivity index (χ3n) is 5.12. The largest absolute Gasteiger partial charge is 0.465 e. The lowest BCUT2D eigenvalue weighted by atomic mass is 10.1. The van der Waals surface area contributed by atoms with Crippen molar-refractivity contribution in [3.8, 4) is 0 Å². The molecule has 1 unspecified atom stereocenters. The van der Waals surface area contributed by atoms with E-state index >= 15 is 0 Å². The Morgan fingerprint density at radius 3 is 2.70 bits per heavy atom. The molecular weight excluding hydrogens is 380 g/mol. The summed E-state index contributed by atoms with van der Waals surface area (Å²) in [4.78, 5) is 15.8. The normalized spacial score (nSPS) is 16.5. The fraction of sp³-hybridized carbons (Fsp3) is 0.381. The number of hydrogen-bond donors (Lipinski definition) is 1. The van der Waals surface area contributed by atoms with Crippen molar-refractivity contribution in [3.63, 3.8) is 0 Å². The summed E-state index contributed by atoms with van der Waals surface area (Å²) in [5.41, 5.74) is 0. The molecule has 0 spiro atoms. The van der Waals surface area contributed by atoms with E-state index in [1.807, 2.05) is 43.3 Å². The van der Waals surface area contributed by atoms with Gasteiger partial charge in [-0.3, -0.25) is 9.69 Å². The molecule has 3 aromatic rings. The summed E-state index contributed by atoms with van der Waals surface area (Å²) in [7, 11) is 0. The van der Waals surface area contributed by atoms with Crippen molar-refractivity contribution >= 4 is 38.9 Å². The van der Waals surface area contributed by atoms with Gasteiger partial charge in [-0.15, -0.1) is 11.3 Å². The van der Waals surface area contributed by atoms with Crippen LogP contribution in [0.1, 0.15) is 46.5 Å². The van der Waals surface area contributed by atoms with Crippen molar-refractivity contribution in [1.82, 2.24) is 10.2 Å². The summed E-state index contributed by atoms with van der Waals surface area (Å²) in [6.45, 7) is 4.52. The minimum absolute atomic E-state index is 0.0519. The molecule has 4 nitrogen and oxygen atoms in total. The zero-order chi connectivity index (χ0) is 18.8. The topological polar surface area (TPSA) is 45.5 Å². The van der Waals surface area contributed by atoms with Crippen LogP contribution < -0.4 is 5.32 Å². The first-order valence-electron chi connectivity index (χ1n) is 9.39. The predicted octanol–water partition coefficient (Wildman–Crippen LogP) is 5.41. The van der Waals surface area contributed by atoms with Crippen LogP contribution in [0.3, 0.4) is 0 Å². The molecule has 1 aliphatic heterocycles. The third kappa shape index (κ3) is 3.91. The van der Waals surface area contributed by atoms with Gasteiger partial charge in [-0.25, -0.2) is 0 Å². The molecule has 0 bridgehead atoms. The average molecular weight is 403 g/mol. The first-order valence-corrected chi connectivity index (χ1v) is 10.6. The number of nitrogens with one attached hydrogen (secondary N) is 1. The molecule has 142 valence electrons. The maximum absolute atomic E-state index is 12.8. The van der Waals surface area contributed by atoms with E-state index in [9.17, 15) is 4.79 Å². The van der Waals surface area contributed by atoms with Crippen molar-refractivity contribution in [2.45, 2.75) is 32.2 Å². The quantitative estimate of drug-likeness (QED) is 0.620. The Hall–Kier alpha value is -1.82. The van der Waals surface area contributed by atoms with E-state index in [1.54, 1.807) is 0 Å². The first-order chi connectivity index (χ1) is 13.1. The first kappa shape index (κ1) is 18.5. The molecule has 1 aromatic carbocycles. The van der Waals surface area contributed by atoms with Crippen LogP contribution >= 0.6 is 22.9 Å². The monoisotopic (exact) mass is 402 g/mol. The average Bonchev–Trinajstić information content (AvgIpc) is 3.27. The number of furan rings is 1. The number of nitrogens with zero attached hydrogens (tertiary/aromatic N) is 1. The highest BCUT2D eigenvalue weighted by Crippen LogP contribution is 2.35. The smallest absolute Gasteiger partial charge is 0.263 e. The van der Waals surface area contributed by atoms with Gasteiger partial charge in [-0.1, -0.05) is 36.2 Å².